The van der Waals surface area contributed by atoms with Gasteiger partial charge in [0, 0.05) is 41.6 Å². The molecule has 4 rings (SSSR count). The van der Waals surface area contributed by atoms with Gasteiger partial charge in [-0.1, -0.05) is 54.1 Å². The molecule has 0 fully saturated rings. The molecule has 3 aromatic carbocycles. The zero-order chi connectivity index (χ0) is 20.9. The van der Waals surface area contributed by atoms with Crippen molar-refractivity contribution in [3.8, 4) is 0 Å². The Kier molecular flexibility index (Phi) is 6.15. The Morgan fingerprint density at radius 3 is 2.57 bits per heavy atom. The number of aromatic nitrogens is 1. The van der Waals surface area contributed by atoms with Gasteiger partial charge in [-0.3, -0.25) is 4.79 Å². The molecule has 0 radical (unpaired) electrons. The van der Waals surface area contributed by atoms with Gasteiger partial charge in [0.15, 0.2) is 0 Å². The van der Waals surface area contributed by atoms with Crippen LogP contribution in [0.4, 0.5) is 4.39 Å². The molecule has 0 unspecified atom stereocenters. The van der Waals surface area contributed by atoms with Gasteiger partial charge >= 0.3 is 0 Å². The minimum absolute atomic E-state index is 0.00495. The fraction of sp³-hybridized carbons (Fsp3) is 0.160. The first-order valence-electron chi connectivity index (χ1n) is 9.91. The Morgan fingerprint density at radius 1 is 0.967 bits per heavy atom. The maximum Gasteiger partial charge on any atom is 0.220 e. The Bertz CT molecular complexity index is 1170. The van der Waals surface area contributed by atoms with Crippen LogP contribution in [-0.4, -0.2) is 10.5 Å². The van der Waals surface area contributed by atoms with Crippen LogP contribution in [0.1, 0.15) is 23.1 Å². The van der Waals surface area contributed by atoms with E-state index in [1.807, 2.05) is 36.4 Å². The van der Waals surface area contributed by atoms with Gasteiger partial charge in [-0.05, 0) is 53.4 Å². The molecule has 3 nitrogen and oxygen atoms in total. The number of carbonyl (C=O) groups excluding carboxylic acids is 1. The van der Waals surface area contributed by atoms with Gasteiger partial charge in [0.25, 0.3) is 0 Å². The van der Waals surface area contributed by atoms with Crippen molar-refractivity contribution in [1.29, 1.82) is 0 Å². The first kappa shape index (κ1) is 20.2. The lowest BCUT2D eigenvalue weighted by Gasteiger charge is -2.06. The van der Waals surface area contributed by atoms with Gasteiger partial charge in [-0.25, -0.2) is 4.39 Å². The van der Waals surface area contributed by atoms with Gasteiger partial charge in [0.2, 0.25) is 5.91 Å². The van der Waals surface area contributed by atoms with E-state index in [9.17, 15) is 9.18 Å². The molecule has 5 heteroatoms. The third-order valence-electron chi connectivity index (χ3n) is 5.14. The number of amides is 1. The number of nitrogens with one attached hydrogen (secondary N) is 1. The molecule has 0 aliphatic rings. The summed E-state index contributed by atoms with van der Waals surface area (Å²) in [5.74, 6) is -0.231. The molecule has 1 heterocycles. The molecular formula is C25H22ClFN2O. The molecule has 0 aliphatic heterocycles. The number of aryl methyl sites for hydroxylation is 1. The second-order valence-electron chi connectivity index (χ2n) is 7.33. The van der Waals surface area contributed by atoms with E-state index in [4.69, 9.17) is 11.6 Å². The number of halogens is 2. The normalized spacial score (nSPS) is 11.0. The average Bonchev–Trinajstić information content (AvgIpc) is 3.10. The number of nitrogens with zero attached hydrogens (tertiary/aromatic N) is 1. The van der Waals surface area contributed by atoms with E-state index in [0.29, 0.717) is 31.0 Å². The smallest absolute Gasteiger partial charge is 0.220 e. The summed E-state index contributed by atoms with van der Waals surface area (Å²) in [6.07, 6.45) is 3.15. The van der Waals surface area contributed by atoms with E-state index >= 15 is 0 Å². The molecule has 4 aromatic rings. The fourth-order valence-corrected chi connectivity index (χ4v) is 3.84. The minimum Gasteiger partial charge on any atom is -0.352 e. The summed E-state index contributed by atoms with van der Waals surface area (Å²) in [7, 11) is 0. The zero-order valence-electron chi connectivity index (χ0n) is 16.4. The topological polar surface area (TPSA) is 34.0 Å². The maximum atomic E-state index is 13.2. The van der Waals surface area contributed by atoms with Crippen LogP contribution < -0.4 is 5.32 Å². The molecule has 30 heavy (non-hydrogen) atoms. The number of hydrogen-bond donors (Lipinski definition) is 1. The molecule has 0 bridgehead atoms. The highest BCUT2D eigenvalue weighted by atomic mass is 35.5. The number of hydrogen-bond acceptors (Lipinski definition) is 1. The average molecular weight is 421 g/mol. The molecule has 0 aliphatic carbocycles. The standard InChI is InChI=1S/C25H22ClFN2O/c26-21-5-3-4-19(14-21)15-28-25(30)13-10-20-17-29(24-7-2-1-6-23(20)24)16-18-8-11-22(27)12-9-18/h1-9,11-12,14,17H,10,13,15-16H2,(H,28,30). The highest BCUT2D eigenvalue weighted by molar-refractivity contribution is 6.30. The summed E-state index contributed by atoms with van der Waals surface area (Å²) >= 11 is 5.99. The predicted octanol–water partition coefficient (Wildman–Crippen LogP) is 5.73. The number of para-hydroxylation sites is 1. The zero-order valence-corrected chi connectivity index (χ0v) is 17.2. The summed E-state index contributed by atoms with van der Waals surface area (Å²) in [5, 5.41) is 4.76. The fourth-order valence-electron chi connectivity index (χ4n) is 3.62. The van der Waals surface area contributed by atoms with Crippen LogP contribution in [0.25, 0.3) is 10.9 Å². The van der Waals surface area contributed by atoms with Gasteiger partial charge in [0.1, 0.15) is 5.82 Å². The Balaban J connectivity index is 1.43. The SMILES string of the molecule is O=C(CCc1cn(Cc2ccc(F)cc2)c2ccccc12)NCc1cccc(Cl)c1. The third kappa shape index (κ3) is 4.89. The largest absolute Gasteiger partial charge is 0.352 e. The number of rotatable bonds is 7. The van der Waals surface area contributed by atoms with Crippen molar-refractivity contribution in [1.82, 2.24) is 9.88 Å². The van der Waals surface area contributed by atoms with E-state index in [0.717, 1.165) is 27.6 Å². The van der Waals surface area contributed by atoms with Crippen LogP contribution in [0, 0.1) is 5.82 Å². The van der Waals surface area contributed by atoms with Crippen LogP contribution in [0.15, 0.2) is 79.0 Å². The highest BCUT2D eigenvalue weighted by Gasteiger charge is 2.11. The van der Waals surface area contributed by atoms with Crippen molar-refractivity contribution < 1.29 is 9.18 Å². The molecular weight excluding hydrogens is 399 g/mol. The van der Waals surface area contributed by atoms with Crippen LogP contribution in [-0.2, 0) is 24.3 Å². The van der Waals surface area contributed by atoms with E-state index < -0.39 is 0 Å². The molecule has 1 aromatic heterocycles. The first-order chi connectivity index (χ1) is 14.6. The van der Waals surface area contributed by atoms with E-state index in [1.165, 1.54) is 12.1 Å². The van der Waals surface area contributed by atoms with Crippen LogP contribution in [0.5, 0.6) is 0 Å². The molecule has 0 saturated heterocycles. The Morgan fingerprint density at radius 2 is 1.77 bits per heavy atom. The van der Waals surface area contributed by atoms with Gasteiger partial charge in [-0.2, -0.15) is 0 Å². The van der Waals surface area contributed by atoms with Gasteiger partial charge in [0.05, 0.1) is 0 Å². The molecule has 1 N–H and O–H groups in total. The lowest BCUT2D eigenvalue weighted by atomic mass is 10.1. The van der Waals surface area contributed by atoms with Crippen molar-refractivity contribution in [2.75, 3.05) is 0 Å². The van der Waals surface area contributed by atoms with E-state index in [-0.39, 0.29) is 11.7 Å². The van der Waals surface area contributed by atoms with E-state index in [1.54, 1.807) is 12.1 Å². The highest BCUT2D eigenvalue weighted by Crippen LogP contribution is 2.24. The molecule has 0 spiro atoms. The number of fused-ring (bicyclic) bond motifs is 1. The van der Waals surface area contributed by atoms with E-state index in [2.05, 4.69) is 28.2 Å². The minimum atomic E-state index is -0.236. The van der Waals surface area contributed by atoms with Gasteiger partial charge < -0.3 is 9.88 Å². The van der Waals surface area contributed by atoms with Crippen LogP contribution in [0.3, 0.4) is 0 Å². The maximum absolute atomic E-state index is 13.2. The molecule has 152 valence electrons. The lowest BCUT2D eigenvalue weighted by molar-refractivity contribution is -0.121. The summed E-state index contributed by atoms with van der Waals surface area (Å²) in [6.45, 7) is 1.12. The van der Waals surface area contributed by atoms with Crippen molar-refractivity contribution in [2.24, 2.45) is 0 Å². The lowest BCUT2D eigenvalue weighted by Crippen LogP contribution is -2.22. The van der Waals surface area contributed by atoms with Crippen molar-refractivity contribution in [3.05, 3.63) is 107 Å². The van der Waals surface area contributed by atoms with Crippen molar-refractivity contribution in [2.45, 2.75) is 25.9 Å². The summed E-state index contributed by atoms with van der Waals surface area (Å²) in [5.41, 5.74) is 4.25. The quantitative estimate of drug-likeness (QED) is 0.407. The summed E-state index contributed by atoms with van der Waals surface area (Å²) < 4.78 is 15.4. The predicted molar refractivity (Wildman–Crippen MR) is 119 cm³/mol. The molecule has 0 atom stereocenters. The summed E-state index contributed by atoms with van der Waals surface area (Å²) in [6, 6.07) is 22.2. The van der Waals surface area contributed by atoms with Gasteiger partial charge in [-0.15, -0.1) is 0 Å². The van der Waals surface area contributed by atoms with Crippen LogP contribution in [0.2, 0.25) is 5.02 Å². The number of carbonyl (C=O) groups is 1. The van der Waals surface area contributed by atoms with Crippen molar-refractivity contribution >= 4 is 28.4 Å². The molecule has 1 amide bonds. The second-order valence-corrected chi connectivity index (χ2v) is 7.77. The second kappa shape index (κ2) is 9.14. The van der Waals surface area contributed by atoms with Crippen molar-refractivity contribution in [3.63, 3.8) is 0 Å². The summed E-state index contributed by atoms with van der Waals surface area (Å²) in [4.78, 5) is 12.4. The Labute approximate surface area is 180 Å². The third-order valence-corrected chi connectivity index (χ3v) is 5.37. The first-order valence-corrected chi connectivity index (χ1v) is 10.3. The van der Waals surface area contributed by atoms with Crippen LogP contribution >= 0.6 is 11.6 Å². The Hall–Kier alpha value is -3.11. The number of benzene rings is 3. The monoisotopic (exact) mass is 420 g/mol. The molecule has 0 saturated carbocycles.